The summed E-state index contributed by atoms with van der Waals surface area (Å²) >= 11 is 8.07. The number of nitrogens with zero attached hydrogens (tertiary/aromatic N) is 4. The maximum Gasteiger partial charge on any atom is 0.229 e. The molecule has 11 heteroatoms. The first-order valence-corrected chi connectivity index (χ1v) is 14.0. The number of amides is 1. The summed E-state index contributed by atoms with van der Waals surface area (Å²) in [6, 6.07) is 14.0. The lowest BCUT2D eigenvalue weighted by molar-refractivity contribution is -0.122. The lowest BCUT2D eigenvalue weighted by atomic mass is 9.96. The number of carbonyl (C=O) groups is 1. The number of benzene rings is 2. The third kappa shape index (κ3) is 7.90. The smallest absolute Gasteiger partial charge is 0.229 e. The van der Waals surface area contributed by atoms with E-state index in [0.717, 1.165) is 47.9 Å². The van der Waals surface area contributed by atoms with Gasteiger partial charge in [-0.05, 0) is 83.9 Å². The number of para-hydroxylation sites is 1. The van der Waals surface area contributed by atoms with Crippen molar-refractivity contribution in [1.29, 1.82) is 0 Å². The molecule has 1 aliphatic rings. The number of nitrogens with two attached hydrogens (primary N) is 1. The Morgan fingerprint density at radius 2 is 1.85 bits per heavy atom. The van der Waals surface area contributed by atoms with Crippen LogP contribution in [0.25, 0.3) is 0 Å². The second-order valence-corrected chi connectivity index (χ2v) is 12.4. The highest BCUT2D eigenvalue weighted by Crippen LogP contribution is 2.36. The Hall–Kier alpha value is -3.21. The third-order valence-corrected chi connectivity index (χ3v) is 7.25. The van der Waals surface area contributed by atoms with E-state index in [9.17, 15) is 4.79 Å². The summed E-state index contributed by atoms with van der Waals surface area (Å²) in [7, 11) is 3.99. The van der Waals surface area contributed by atoms with E-state index in [1.54, 1.807) is 18.1 Å². The summed E-state index contributed by atoms with van der Waals surface area (Å²) in [5, 5.41) is 7.06. The molecule has 0 spiro atoms. The topological polar surface area (TPSA) is 109 Å². The minimum atomic E-state index is -0.421. The Morgan fingerprint density at radius 1 is 1.13 bits per heavy atom. The predicted molar refractivity (Wildman–Crippen MR) is 161 cm³/mol. The number of anilines is 5. The Kier molecular flexibility index (Phi) is 9.09. The Balaban J connectivity index is 1.58. The van der Waals surface area contributed by atoms with Gasteiger partial charge in [0, 0.05) is 35.7 Å². The number of aromatic nitrogens is 2. The van der Waals surface area contributed by atoms with Crippen LogP contribution in [0, 0.1) is 5.92 Å². The molecule has 1 aliphatic heterocycles. The molecule has 208 valence electrons. The molecule has 0 aliphatic carbocycles. The fourth-order valence-corrected chi connectivity index (χ4v) is 5.15. The number of ether oxygens (including phenoxy) is 1. The van der Waals surface area contributed by atoms with Crippen molar-refractivity contribution in [2.45, 2.75) is 44.1 Å². The fourth-order valence-electron chi connectivity index (χ4n) is 4.26. The number of hydrogen-bond acceptors (Lipinski definition) is 9. The Labute approximate surface area is 239 Å². The van der Waals surface area contributed by atoms with Crippen molar-refractivity contribution < 1.29 is 9.53 Å². The summed E-state index contributed by atoms with van der Waals surface area (Å²) in [5.74, 6) is 1.27. The first-order chi connectivity index (χ1) is 18.5. The zero-order chi connectivity index (χ0) is 28.2. The normalized spacial score (nSPS) is 14.4. The highest BCUT2D eigenvalue weighted by Gasteiger charge is 2.24. The molecule has 1 aromatic heterocycles. The van der Waals surface area contributed by atoms with Crippen LogP contribution in [0.4, 0.5) is 28.8 Å². The van der Waals surface area contributed by atoms with Crippen molar-refractivity contribution in [3.63, 3.8) is 0 Å². The SMILES string of the molecule is CN(C)Sc1ccccc1Nc1nc(Nc2ccc(N3CCC(C(N)=O)CC3)cc2OC(C)(C)C)ncc1Cl. The van der Waals surface area contributed by atoms with Gasteiger partial charge in [-0.25, -0.2) is 4.98 Å². The van der Waals surface area contributed by atoms with E-state index in [1.807, 2.05) is 81.6 Å². The van der Waals surface area contributed by atoms with Crippen LogP contribution >= 0.6 is 23.5 Å². The van der Waals surface area contributed by atoms with Gasteiger partial charge in [-0.1, -0.05) is 23.7 Å². The first kappa shape index (κ1) is 28.8. The number of primary amides is 1. The van der Waals surface area contributed by atoms with E-state index >= 15 is 0 Å². The lowest BCUT2D eigenvalue weighted by Crippen LogP contribution is -2.38. The molecule has 2 heterocycles. The average molecular weight is 570 g/mol. The third-order valence-electron chi connectivity index (χ3n) is 6.06. The van der Waals surface area contributed by atoms with Crippen LogP contribution in [0.5, 0.6) is 5.75 Å². The number of hydrogen-bond donors (Lipinski definition) is 3. The summed E-state index contributed by atoms with van der Waals surface area (Å²) < 4.78 is 8.35. The quantitative estimate of drug-likeness (QED) is 0.265. The van der Waals surface area contributed by atoms with Crippen molar-refractivity contribution in [2.24, 2.45) is 11.7 Å². The summed E-state index contributed by atoms with van der Waals surface area (Å²) in [4.78, 5) is 23.9. The van der Waals surface area contributed by atoms with Crippen molar-refractivity contribution >= 4 is 58.3 Å². The first-order valence-electron chi connectivity index (χ1n) is 12.9. The van der Waals surface area contributed by atoms with Crippen molar-refractivity contribution in [3.05, 3.63) is 53.7 Å². The number of rotatable bonds is 9. The van der Waals surface area contributed by atoms with Crippen molar-refractivity contribution in [1.82, 2.24) is 14.3 Å². The second-order valence-electron chi connectivity index (χ2n) is 10.6. The van der Waals surface area contributed by atoms with Gasteiger partial charge in [0.25, 0.3) is 0 Å². The van der Waals surface area contributed by atoms with E-state index in [-0.39, 0.29) is 11.8 Å². The van der Waals surface area contributed by atoms with Gasteiger partial charge in [0.1, 0.15) is 16.4 Å². The molecule has 0 bridgehead atoms. The monoisotopic (exact) mass is 569 g/mol. The van der Waals surface area contributed by atoms with Gasteiger partial charge in [-0.2, -0.15) is 4.98 Å². The highest BCUT2D eigenvalue weighted by atomic mass is 35.5. The van der Waals surface area contributed by atoms with E-state index < -0.39 is 5.60 Å². The molecule has 0 radical (unpaired) electrons. The van der Waals surface area contributed by atoms with Gasteiger partial charge in [0.2, 0.25) is 11.9 Å². The van der Waals surface area contributed by atoms with Crippen LogP contribution in [-0.2, 0) is 4.79 Å². The number of nitrogens with one attached hydrogen (secondary N) is 2. The molecule has 39 heavy (non-hydrogen) atoms. The molecular weight excluding hydrogens is 534 g/mol. The van der Waals surface area contributed by atoms with Gasteiger partial charge in [0.15, 0.2) is 5.82 Å². The molecule has 9 nitrogen and oxygen atoms in total. The van der Waals surface area contributed by atoms with Gasteiger partial charge < -0.3 is 26.0 Å². The van der Waals surface area contributed by atoms with E-state index in [1.165, 1.54) is 0 Å². The molecule has 4 N–H and O–H groups in total. The average Bonchev–Trinajstić information content (AvgIpc) is 2.87. The fraction of sp³-hybridized carbons (Fsp3) is 0.393. The highest BCUT2D eigenvalue weighted by molar-refractivity contribution is 7.97. The van der Waals surface area contributed by atoms with Gasteiger partial charge in [-0.3, -0.25) is 9.10 Å². The lowest BCUT2D eigenvalue weighted by Gasteiger charge is -2.33. The minimum absolute atomic E-state index is 0.0641. The standard InChI is InChI=1S/C28H36ClN7O2S/c1-28(2,3)38-23-16-19(36-14-12-18(13-15-36)25(30)37)10-11-21(23)33-27-31-17-20(29)26(34-27)32-22-8-6-7-9-24(22)39-35(4)5/h6-11,16-18H,12-15H2,1-5H3,(H2,30,37)(H2,31,32,33,34). The molecule has 3 aromatic rings. The van der Waals surface area contributed by atoms with Crippen LogP contribution < -0.4 is 26.0 Å². The molecule has 1 fully saturated rings. The predicted octanol–water partition coefficient (Wildman–Crippen LogP) is 6.06. The molecule has 1 saturated heterocycles. The van der Waals surface area contributed by atoms with Crippen molar-refractivity contribution in [2.75, 3.05) is 42.7 Å². The molecular formula is C28H36ClN7O2S. The maximum absolute atomic E-state index is 11.6. The Bertz CT molecular complexity index is 1310. The van der Waals surface area contributed by atoms with Crippen LogP contribution in [-0.4, -0.2) is 53.0 Å². The second kappa shape index (κ2) is 12.3. The molecule has 0 atom stereocenters. The Morgan fingerprint density at radius 3 is 2.51 bits per heavy atom. The largest absolute Gasteiger partial charge is 0.486 e. The van der Waals surface area contributed by atoms with Crippen LogP contribution in [0.3, 0.4) is 0 Å². The summed E-state index contributed by atoms with van der Waals surface area (Å²) in [6.07, 6.45) is 3.06. The zero-order valence-electron chi connectivity index (χ0n) is 23.0. The number of carbonyl (C=O) groups excluding carboxylic acids is 1. The maximum atomic E-state index is 11.6. The van der Waals surface area contributed by atoms with Gasteiger partial charge in [0.05, 0.1) is 17.6 Å². The van der Waals surface area contributed by atoms with Crippen LogP contribution in [0.2, 0.25) is 5.02 Å². The summed E-state index contributed by atoms with van der Waals surface area (Å²) in [5.41, 5.74) is 7.74. The minimum Gasteiger partial charge on any atom is -0.486 e. The molecule has 4 rings (SSSR count). The van der Waals surface area contributed by atoms with E-state index in [2.05, 4.69) is 25.5 Å². The van der Waals surface area contributed by atoms with Crippen molar-refractivity contribution in [3.8, 4) is 5.75 Å². The van der Waals surface area contributed by atoms with Crippen LogP contribution in [0.15, 0.2) is 53.6 Å². The van der Waals surface area contributed by atoms with E-state index in [0.29, 0.717) is 22.5 Å². The molecule has 1 amide bonds. The summed E-state index contributed by atoms with van der Waals surface area (Å²) in [6.45, 7) is 7.54. The zero-order valence-corrected chi connectivity index (χ0v) is 24.6. The van der Waals surface area contributed by atoms with Gasteiger partial charge in [-0.15, -0.1) is 0 Å². The van der Waals surface area contributed by atoms with Gasteiger partial charge >= 0.3 is 0 Å². The molecule has 0 saturated carbocycles. The number of piperidine rings is 1. The molecule has 2 aromatic carbocycles. The van der Waals surface area contributed by atoms with Crippen LogP contribution in [0.1, 0.15) is 33.6 Å². The molecule has 0 unspecified atom stereocenters. The number of halogens is 1. The van der Waals surface area contributed by atoms with E-state index in [4.69, 9.17) is 22.1 Å².